The van der Waals surface area contributed by atoms with Crippen molar-refractivity contribution in [2.24, 2.45) is 11.8 Å². The molecule has 0 aromatic rings. The van der Waals surface area contributed by atoms with Crippen LogP contribution in [0.4, 0.5) is 0 Å². The summed E-state index contributed by atoms with van der Waals surface area (Å²) in [4.78, 5) is 23.7. The molecule has 1 heterocycles. The highest BCUT2D eigenvalue weighted by Gasteiger charge is 2.28. The summed E-state index contributed by atoms with van der Waals surface area (Å²) in [6.07, 6.45) is 6.38. The molecule has 5 heteroatoms. The highest BCUT2D eigenvalue weighted by molar-refractivity contribution is 5.76. The Morgan fingerprint density at radius 1 is 1.19 bits per heavy atom. The van der Waals surface area contributed by atoms with E-state index in [0.29, 0.717) is 18.9 Å². The number of carbonyl (C=O) groups excluding carboxylic acids is 2. The highest BCUT2D eigenvalue weighted by Crippen LogP contribution is 2.25. The van der Waals surface area contributed by atoms with Gasteiger partial charge in [-0.05, 0) is 64.5 Å². The lowest BCUT2D eigenvalue weighted by molar-refractivity contribution is -0.149. The van der Waals surface area contributed by atoms with Crippen molar-refractivity contribution in [2.75, 3.05) is 19.7 Å². The Kier molecular flexibility index (Phi) is 6.49. The van der Waals surface area contributed by atoms with Gasteiger partial charge in [-0.3, -0.25) is 9.59 Å². The first-order valence-electron chi connectivity index (χ1n) is 8.35. The van der Waals surface area contributed by atoms with E-state index in [1.807, 2.05) is 6.92 Å². The fraction of sp³-hybridized carbons (Fsp3) is 0.875. The van der Waals surface area contributed by atoms with E-state index >= 15 is 0 Å². The molecule has 1 atom stereocenters. The van der Waals surface area contributed by atoms with E-state index in [0.717, 1.165) is 45.2 Å². The molecule has 0 radical (unpaired) electrons. The van der Waals surface area contributed by atoms with E-state index in [-0.39, 0.29) is 23.8 Å². The van der Waals surface area contributed by atoms with Gasteiger partial charge in [-0.1, -0.05) is 0 Å². The average Bonchev–Trinajstić information content (AvgIpc) is 2.49. The van der Waals surface area contributed by atoms with Crippen molar-refractivity contribution in [3.63, 3.8) is 0 Å². The Balaban J connectivity index is 1.65. The quantitative estimate of drug-likeness (QED) is 0.757. The van der Waals surface area contributed by atoms with Gasteiger partial charge in [-0.2, -0.15) is 0 Å². The third-order valence-electron chi connectivity index (χ3n) is 4.59. The lowest BCUT2D eigenvalue weighted by Gasteiger charge is -2.29. The molecule has 2 aliphatic rings. The molecule has 1 aliphatic heterocycles. The number of rotatable bonds is 5. The molecule has 2 rings (SSSR count). The average molecular weight is 296 g/mol. The fourth-order valence-corrected chi connectivity index (χ4v) is 3.38. The molecule has 1 unspecified atom stereocenters. The molecular weight excluding hydrogens is 268 g/mol. The monoisotopic (exact) mass is 296 g/mol. The third-order valence-corrected chi connectivity index (χ3v) is 4.59. The van der Waals surface area contributed by atoms with Crippen molar-refractivity contribution < 1.29 is 14.3 Å². The maximum Gasteiger partial charge on any atom is 0.308 e. The number of nitrogens with one attached hydrogen (secondary N) is 2. The number of carbonyl (C=O) groups is 2. The van der Waals surface area contributed by atoms with Crippen LogP contribution in [0.2, 0.25) is 0 Å². The zero-order valence-corrected chi connectivity index (χ0v) is 13.0. The Morgan fingerprint density at radius 3 is 2.57 bits per heavy atom. The van der Waals surface area contributed by atoms with Crippen molar-refractivity contribution in [2.45, 2.75) is 57.9 Å². The van der Waals surface area contributed by atoms with E-state index in [9.17, 15) is 9.59 Å². The molecule has 21 heavy (non-hydrogen) atoms. The minimum Gasteiger partial charge on any atom is -0.466 e. The van der Waals surface area contributed by atoms with Crippen molar-refractivity contribution >= 4 is 11.9 Å². The normalized spacial score (nSPS) is 29.7. The van der Waals surface area contributed by atoms with Crippen LogP contribution in [0.3, 0.4) is 0 Å². The first-order chi connectivity index (χ1) is 10.2. The van der Waals surface area contributed by atoms with Crippen molar-refractivity contribution in [1.82, 2.24) is 10.6 Å². The van der Waals surface area contributed by atoms with E-state index in [1.54, 1.807) is 0 Å². The summed E-state index contributed by atoms with van der Waals surface area (Å²) >= 11 is 0. The molecule has 120 valence electrons. The van der Waals surface area contributed by atoms with Gasteiger partial charge in [0, 0.05) is 12.5 Å². The van der Waals surface area contributed by atoms with Gasteiger partial charge in [0.1, 0.15) is 0 Å². The minimum atomic E-state index is -0.0736. The standard InChI is InChI=1S/C16H28N2O3/c1-2-21-16(20)13-5-7-14(8-6-13)18-15(19)10-12-4-3-9-17-11-12/h12-14,17H,2-11H2,1H3,(H,18,19). The van der Waals surface area contributed by atoms with Gasteiger partial charge in [-0.25, -0.2) is 0 Å². The molecule has 1 saturated heterocycles. The zero-order chi connectivity index (χ0) is 15.1. The molecule has 5 nitrogen and oxygen atoms in total. The number of hydrogen-bond donors (Lipinski definition) is 2. The van der Waals surface area contributed by atoms with E-state index < -0.39 is 0 Å². The van der Waals surface area contributed by atoms with E-state index in [2.05, 4.69) is 10.6 Å². The summed E-state index contributed by atoms with van der Waals surface area (Å²) in [5.41, 5.74) is 0. The topological polar surface area (TPSA) is 67.4 Å². The summed E-state index contributed by atoms with van der Waals surface area (Å²) in [7, 11) is 0. The predicted octanol–water partition coefficient (Wildman–Crippen LogP) is 1.61. The maximum atomic E-state index is 12.1. The fourth-order valence-electron chi connectivity index (χ4n) is 3.38. The molecule has 1 saturated carbocycles. The van der Waals surface area contributed by atoms with Gasteiger partial charge in [0.25, 0.3) is 0 Å². The third kappa shape index (κ3) is 5.30. The lowest BCUT2D eigenvalue weighted by atomic mass is 9.86. The van der Waals surface area contributed by atoms with Crippen LogP contribution in [-0.2, 0) is 14.3 Å². The summed E-state index contributed by atoms with van der Waals surface area (Å²) in [5, 5.41) is 6.48. The largest absolute Gasteiger partial charge is 0.466 e. The zero-order valence-electron chi connectivity index (χ0n) is 13.0. The Labute approximate surface area is 127 Å². The molecule has 1 aliphatic carbocycles. The van der Waals surface area contributed by atoms with Crippen LogP contribution in [-0.4, -0.2) is 37.6 Å². The number of ether oxygens (including phenoxy) is 1. The second-order valence-corrected chi connectivity index (χ2v) is 6.28. The Hall–Kier alpha value is -1.10. The Bertz CT molecular complexity index is 345. The minimum absolute atomic E-state index is 0.0284. The molecule has 0 aromatic heterocycles. The molecule has 2 N–H and O–H groups in total. The molecule has 0 aromatic carbocycles. The Morgan fingerprint density at radius 2 is 1.95 bits per heavy atom. The van der Waals surface area contributed by atoms with Crippen LogP contribution in [0.25, 0.3) is 0 Å². The van der Waals surface area contributed by atoms with Gasteiger partial charge in [0.05, 0.1) is 12.5 Å². The van der Waals surface area contributed by atoms with Crippen LogP contribution in [0.1, 0.15) is 51.9 Å². The number of amides is 1. The first kappa shape index (κ1) is 16.3. The molecule has 0 bridgehead atoms. The lowest BCUT2D eigenvalue weighted by Crippen LogP contribution is -2.41. The van der Waals surface area contributed by atoms with Crippen LogP contribution >= 0.6 is 0 Å². The van der Waals surface area contributed by atoms with Gasteiger partial charge in [0.2, 0.25) is 5.91 Å². The van der Waals surface area contributed by atoms with Crippen LogP contribution in [0.15, 0.2) is 0 Å². The second-order valence-electron chi connectivity index (χ2n) is 6.28. The summed E-state index contributed by atoms with van der Waals surface area (Å²) in [6.45, 7) is 4.33. The van der Waals surface area contributed by atoms with Crippen LogP contribution in [0, 0.1) is 11.8 Å². The molecule has 2 fully saturated rings. The number of hydrogen-bond acceptors (Lipinski definition) is 4. The van der Waals surface area contributed by atoms with E-state index in [4.69, 9.17) is 4.74 Å². The van der Waals surface area contributed by atoms with Gasteiger partial charge < -0.3 is 15.4 Å². The van der Waals surface area contributed by atoms with Crippen LogP contribution < -0.4 is 10.6 Å². The van der Waals surface area contributed by atoms with Gasteiger partial charge in [0.15, 0.2) is 0 Å². The summed E-state index contributed by atoms with van der Waals surface area (Å²) in [5.74, 6) is 0.606. The number of piperidine rings is 1. The smallest absolute Gasteiger partial charge is 0.308 e. The highest BCUT2D eigenvalue weighted by atomic mass is 16.5. The molecule has 1 amide bonds. The number of esters is 1. The summed E-state index contributed by atoms with van der Waals surface area (Å²) < 4.78 is 5.06. The first-order valence-corrected chi connectivity index (χ1v) is 8.35. The van der Waals surface area contributed by atoms with Crippen molar-refractivity contribution in [3.8, 4) is 0 Å². The predicted molar refractivity (Wildman–Crippen MR) is 80.7 cm³/mol. The van der Waals surface area contributed by atoms with E-state index in [1.165, 1.54) is 6.42 Å². The summed E-state index contributed by atoms with van der Waals surface area (Å²) in [6, 6.07) is 0.236. The van der Waals surface area contributed by atoms with Crippen molar-refractivity contribution in [3.05, 3.63) is 0 Å². The van der Waals surface area contributed by atoms with Crippen LogP contribution in [0.5, 0.6) is 0 Å². The molecular formula is C16H28N2O3. The second kappa shape index (κ2) is 8.37. The van der Waals surface area contributed by atoms with Crippen molar-refractivity contribution in [1.29, 1.82) is 0 Å². The molecule has 0 spiro atoms. The van der Waals surface area contributed by atoms with Gasteiger partial charge in [-0.15, -0.1) is 0 Å². The SMILES string of the molecule is CCOC(=O)C1CCC(NC(=O)CC2CCCNC2)CC1. The maximum absolute atomic E-state index is 12.1. The van der Waals surface area contributed by atoms with Gasteiger partial charge >= 0.3 is 5.97 Å².